The van der Waals surface area contributed by atoms with Crippen LogP contribution in [0.5, 0.6) is 0 Å². The van der Waals surface area contributed by atoms with Crippen LogP contribution in [0.15, 0.2) is 60.7 Å². The number of benzene rings is 2. The van der Waals surface area contributed by atoms with E-state index < -0.39 is 0 Å². The number of aromatic nitrogens is 1. The fourth-order valence-electron chi connectivity index (χ4n) is 12.4. The minimum Gasteiger partial charge on any atom is -0.377 e. The Kier molecular flexibility index (Phi) is 46.5. The Balaban J connectivity index is 0. The Morgan fingerprint density at radius 1 is 0.624 bits per heavy atom. The van der Waals surface area contributed by atoms with Crippen LogP contribution in [0.25, 0.3) is 5.69 Å². The molecule has 7 nitrogen and oxygen atoms in total. The zero-order valence-electron chi connectivity index (χ0n) is 67.4. The summed E-state index contributed by atoms with van der Waals surface area (Å²) in [6, 6.07) is 20.5. The quantitative estimate of drug-likeness (QED) is 0.120. The fourth-order valence-corrected chi connectivity index (χ4v) is 12.4. The molecule has 542 valence electrons. The van der Waals surface area contributed by atoms with Crippen molar-refractivity contribution in [3.8, 4) is 5.69 Å². The van der Waals surface area contributed by atoms with Gasteiger partial charge in [0.1, 0.15) is 5.78 Å². The molecule has 7 rings (SSSR count). The van der Waals surface area contributed by atoms with Crippen molar-refractivity contribution in [3.63, 3.8) is 0 Å². The number of ether oxygens (including phenoxy) is 3. The average molecular weight is 1300 g/mol. The van der Waals surface area contributed by atoms with E-state index in [1.165, 1.54) is 114 Å². The van der Waals surface area contributed by atoms with Crippen LogP contribution in [0.3, 0.4) is 0 Å². The highest BCUT2D eigenvalue weighted by Crippen LogP contribution is 2.40. The monoisotopic (exact) mass is 1300 g/mol. The second-order valence-corrected chi connectivity index (χ2v) is 34.8. The molecule has 93 heavy (non-hydrogen) atoms. The van der Waals surface area contributed by atoms with Gasteiger partial charge in [-0.2, -0.15) is 0 Å². The molecule has 0 radical (unpaired) electrons. The number of ketones is 2. The molecule has 0 spiro atoms. The zero-order valence-corrected chi connectivity index (χ0v) is 67.4. The summed E-state index contributed by atoms with van der Waals surface area (Å²) in [7, 11) is 0. The van der Waals surface area contributed by atoms with Gasteiger partial charge in [-0.15, -0.1) is 0 Å². The van der Waals surface area contributed by atoms with Gasteiger partial charge in [-0.05, 0) is 166 Å². The third kappa shape index (κ3) is 46.7. The first kappa shape index (κ1) is 92.0. The van der Waals surface area contributed by atoms with Crippen molar-refractivity contribution in [2.45, 2.75) is 367 Å². The first-order chi connectivity index (χ1) is 43.0. The first-order valence-corrected chi connectivity index (χ1v) is 38.0. The lowest BCUT2D eigenvalue weighted by atomic mass is 9.70. The highest BCUT2D eigenvalue weighted by atomic mass is 16.7. The average Bonchev–Trinajstić information content (AvgIpc) is 1.67. The van der Waals surface area contributed by atoms with Crippen molar-refractivity contribution in [3.05, 3.63) is 88.7 Å². The minimum absolute atomic E-state index is 0.0172. The Morgan fingerprint density at radius 3 is 1.47 bits per heavy atom. The van der Waals surface area contributed by atoms with Gasteiger partial charge in [-0.3, -0.25) is 9.59 Å². The number of nitrogens with two attached hydrogens (primary N) is 1. The minimum atomic E-state index is -0.365. The number of carbonyl (C=O) groups is 2. The largest absolute Gasteiger partial charge is 0.377 e. The van der Waals surface area contributed by atoms with Gasteiger partial charge in [0.25, 0.3) is 0 Å². The molecule has 4 aliphatic rings. The molecule has 1 saturated heterocycles. The highest BCUT2D eigenvalue weighted by molar-refractivity contribution is 5.98. The lowest BCUT2D eigenvalue weighted by molar-refractivity contribution is -0.141. The Morgan fingerprint density at radius 2 is 1.10 bits per heavy atom. The van der Waals surface area contributed by atoms with Crippen LogP contribution >= 0.6 is 0 Å². The maximum absolute atomic E-state index is 12.5. The van der Waals surface area contributed by atoms with Crippen LogP contribution in [0.2, 0.25) is 0 Å². The van der Waals surface area contributed by atoms with E-state index in [1.807, 2.05) is 72.7 Å². The van der Waals surface area contributed by atoms with Gasteiger partial charge in [0.2, 0.25) is 0 Å². The second kappa shape index (κ2) is 47.0. The molecule has 1 aromatic heterocycles. The summed E-state index contributed by atoms with van der Waals surface area (Å²) in [6.07, 6.45) is 28.1. The Bertz CT molecular complexity index is 2280. The van der Waals surface area contributed by atoms with Gasteiger partial charge in [0.05, 0.1) is 25.4 Å². The van der Waals surface area contributed by atoms with Crippen molar-refractivity contribution in [2.75, 3.05) is 13.2 Å². The van der Waals surface area contributed by atoms with Crippen LogP contribution in [0.1, 0.15) is 355 Å². The Labute approximate surface area is 580 Å². The van der Waals surface area contributed by atoms with Crippen LogP contribution in [-0.4, -0.2) is 47.3 Å². The maximum Gasteiger partial charge on any atom is 0.165 e. The van der Waals surface area contributed by atoms with E-state index in [-0.39, 0.29) is 34.9 Å². The maximum atomic E-state index is 12.5. The molecule has 0 amide bonds. The molecule has 7 heteroatoms. The van der Waals surface area contributed by atoms with E-state index in [9.17, 15) is 9.59 Å². The molecule has 2 N–H and O–H groups in total. The number of Topliss-reactive ketones (excluding diaryl/α,β-unsaturated/α-hetero) is 2. The van der Waals surface area contributed by atoms with Gasteiger partial charge in [-0.25, -0.2) is 0 Å². The predicted octanol–water partition coefficient (Wildman–Crippen LogP) is 26.1. The van der Waals surface area contributed by atoms with Gasteiger partial charge in [-0.1, -0.05) is 304 Å². The standard InChI is InChI=1S/C19H25NO.C13H20O.C11H23NO.C11H22.C10H20O2.2C9H18.2C2H6/c1-13-7-9-16(10-8-13)20-14(2)11-17(15(20)3)18(21)12-19(4,5)6;1-13(2,3)9-10-14-11-12-7-5-4-6-8-12;1-9(13)10(12)7-5-6-8-11(2,3)4;1-9-5-7-10(8-6-9)11(2,3)4;1-9(2,3)6-8-7-11-10(4,5)12-8;2*1-8(2)9-6-4-3-5-7-9;2*1-2/h7-11H,12H2,1-6H3;4-8H,9-11H2,1-3H3;10H,5-8,12H2,1-4H3;9-10H,5-8H2,1-4H3;8H,6-7H2,1-5H3;2*8-9H,3-7H2,1-2H3;2*1-2H3. The summed E-state index contributed by atoms with van der Waals surface area (Å²) in [6.45, 7) is 67.3. The number of nitrogens with zero attached hydrogens (tertiary/aromatic N) is 1. The fraction of sp³-hybridized carbons (Fsp3) is 0.791. The van der Waals surface area contributed by atoms with Gasteiger partial charge in [0, 0.05) is 35.7 Å². The smallest absolute Gasteiger partial charge is 0.165 e. The molecule has 1 aliphatic heterocycles. The van der Waals surface area contributed by atoms with Crippen LogP contribution in [0, 0.1) is 83.4 Å². The van der Waals surface area contributed by atoms with E-state index in [2.05, 4.69) is 193 Å². The molecule has 2 heterocycles. The lowest BCUT2D eigenvalue weighted by Gasteiger charge is -2.35. The molecular formula is C86H158N2O5. The molecule has 3 aromatic rings. The summed E-state index contributed by atoms with van der Waals surface area (Å²) in [5, 5.41) is 0. The topological polar surface area (TPSA) is 92.8 Å². The van der Waals surface area contributed by atoms with E-state index in [0.29, 0.717) is 28.1 Å². The SMILES string of the molecule is CC.CC.CC(=O)C(N)CCCCC(C)(C)C.CC(C)(C)CC1COC(C)(C)O1.CC(C)(C)CCOCc1ccccc1.CC(C)C1CCCCC1.CC(C)C1CCCCC1.CC1CCC(C(C)(C)C)CC1.Cc1ccc(-n2c(C)cc(C(=O)CC(C)(C)C)c2C)cc1. The summed E-state index contributed by atoms with van der Waals surface area (Å²) in [4.78, 5) is 23.3. The number of carbonyl (C=O) groups excluding carboxylic acids is 2. The van der Waals surface area contributed by atoms with Crippen LogP contribution in [0.4, 0.5) is 0 Å². The summed E-state index contributed by atoms with van der Waals surface area (Å²) < 4.78 is 18.9. The number of hydrogen-bond donors (Lipinski definition) is 1. The number of aryl methyl sites for hydroxylation is 2. The molecular weight excluding hydrogens is 1140 g/mol. The number of rotatable bonds is 15. The van der Waals surface area contributed by atoms with Crippen molar-refractivity contribution >= 4 is 11.6 Å². The van der Waals surface area contributed by atoms with E-state index in [0.717, 1.165) is 104 Å². The number of unbranched alkanes of at least 4 members (excludes halogenated alkanes) is 1. The molecule has 2 atom stereocenters. The molecule has 0 bridgehead atoms. The molecule has 2 aromatic carbocycles. The summed E-state index contributed by atoms with van der Waals surface area (Å²) in [5.41, 5.74) is 13.9. The predicted molar refractivity (Wildman–Crippen MR) is 410 cm³/mol. The zero-order chi connectivity index (χ0) is 72.0. The van der Waals surface area contributed by atoms with Crippen molar-refractivity contribution in [2.24, 2.45) is 68.3 Å². The summed E-state index contributed by atoms with van der Waals surface area (Å²) in [5.74, 6) is 5.93. The van der Waals surface area contributed by atoms with E-state index in [1.54, 1.807) is 6.92 Å². The molecule has 3 aliphatic carbocycles. The number of hydrogen-bond acceptors (Lipinski definition) is 6. The lowest BCUT2D eigenvalue weighted by Crippen LogP contribution is -2.27. The van der Waals surface area contributed by atoms with Gasteiger partial charge < -0.3 is 24.5 Å². The molecule has 4 fully saturated rings. The Hall–Kier alpha value is -3.10. The van der Waals surface area contributed by atoms with Gasteiger partial charge in [0.15, 0.2) is 11.6 Å². The van der Waals surface area contributed by atoms with Crippen LogP contribution in [-0.2, 0) is 25.6 Å². The second-order valence-electron chi connectivity index (χ2n) is 34.8. The molecule has 2 unspecified atom stereocenters. The van der Waals surface area contributed by atoms with Crippen LogP contribution < -0.4 is 5.73 Å². The van der Waals surface area contributed by atoms with Crippen molar-refractivity contribution in [1.82, 2.24) is 4.57 Å². The van der Waals surface area contributed by atoms with E-state index in [4.69, 9.17) is 19.9 Å². The van der Waals surface area contributed by atoms with Crippen molar-refractivity contribution in [1.29, 1.82) is 0 Å². The molecule has 3 saturated carbocycles. The normalized spacial score (nSPS) is 18.7. The summed E-state index contributed by atoms with van der Waals surface area (Å²) >= 11 is 0. The third-order valence-corrected chi connectivity index (χ3v) is 18.4. The van der Waals surface area contributed by atoms with E-state index >= 15 is 0 Å². The first-order valence-electron chi connectivity index (χ1n) is 38.0. The third-order valence-electron chi connectivity index (χ3n) is 18.4. The van der Waals surface area contributed by atoms with Crippen molar-refractivity contribution < 1.29 is 23.8 Å². The highest BCUT2D eigenvalue weighted by Gasteiger charge is 2.35. The van der Waals surface area contributed by atoms with Gasteiger partial charge >= 0.3 is 0 Å².